The standard InChI is InChI=1S/C24H15ClI2N2O4/c25-18-5-1-14(2-6-18)13-33-22-20(26)10-15(11-21(22)27)9-17(12-28)23(30)29-19-7-3-16(4-8-19)24(31)32/h1-11H,13H2,(H,29,30)(H,31,32)/b17-9+. The van der Waals surface area contributed by atoms with Crippen LogP contribution in [0, 0.1) is 18.5 Å². The second kappa shape index (κ2) is 11.5. The van der Waals surface area contributed by atoms with Crippen LogP contribution in [0.1, 0.15) is 21.5 Å². The van der Waals surface area contributed by atoms with Crippen LogP contribution in [0.3, 0.4) is 0 Å². The topological polar surface area (TPSA) is 99.4 Å². The Balaban J connectivity index is 1.74. The molecule has 33 heavy (non-hydrogen) atoms. The zero-order valence-corrected chi connectivity index (χ0v) is 21.9. The molecule has 0 bridgehead atoms. The van der Waals surface area contributed by atoms with E-state index >= 15 is 0 Å². The lowest BCUT2D eigenvalue weighted by molar-refractivity contribution is -0.112. The lowest BCUT2D eigenvalue weighted by atomic mass is 10.1. The van der Waals surface area contributed by atoms with Gasteiger partial charge in [0, 0.05) is 10.7 Å². The molecule has 3 aromatic carbocycles. The van der Waals surface area contributed by atoms with Crippen LogP contribution in [0.25, 0.3) is 6.08 Å². The molecule has 0 spiro atoms. The van der Waals surface area contributed by atoms with Gasteiger partial charge in [0.25, 0.3) is 5.91 Å². The van der Waals surface area contributed by atoms with Gasteiger partial charge in [0.15, 0.2) is 0 Å². The molecule has 1 amide bonds. The first-order valence-electron chi connectivity index (χ1n) is 9.39. The summed E-state index contributed by atoms with van der Waals surface area (Å²) in [6.45, 7) is 0.380. The van der Waals surface area contributed by atoms with Crippen molar-refractivity contribution in [1.82, 2.24) is 0 Å². The van der Waals surface area contributed by atoms with Gasteiger partial charge in [-0.05, 0) is 111 Å². The molecule has 3 aromatic rings. The predicted octanol–water partition coefficient (Wildman–Crippen LogP) is 6.37. The van der Waals surface area contributed by atoms with Gasteiger partial charge in [-0.15, -0.1) is 0 Å². The normalized spacial score (nSPS) is 10.9. The van der Waals surface area contributed by atoms with E-state index in [0.29, 0.717) is 28.6 Å². The van der Waals surface area contributed by atoms with E-state index in [-0.39, 0.29) is 11.1 Å². The molecule has 2 N–H and O–H groups in total. The predicted molar refractivity (Wildman–Crippen MR) is 143 cm³/mol. The van der Waals surface area contributed by atoms with E-state index < -0.39 is 11.9 Å². The van der Waals surface area contributed by atoms with E-state index in [1.54, 1.807) is 12.1 Å². The van der Waals surface area contributed by atoms with Crippen LogP contribution in [-0.4, -0.2) is 17.0 Å². The molecule has 3 rings (SSSR count). The number of ether oxygens (including phenoxy) is 1. The molecule has 0 aromatic heterocycles. The summed E-state index contributed by atoms with van der Waals surface area (Å²) < 4.78 is 7.64. The molecule has 0 unspecified atom stereocenters. The van der Waals surface area contributed by atoms with Crippen molar-refractivity contribution >= 4 is 80.4 Å². The minimum atomic E-state index is -1.06. The summed E-state index contributed by atoms with van der Waals surface area (Å²) in [6.07, 6.45) is 1.49. The van der Waals surface area contributed by atoms with E-state index in [9.17, 15) is 14.9 Å². The van der Waals surface area contributed by atoms with Crippen molar-refractivity contribution in [3.63, 3.8) is 0 Å². The highest BCUT2D eigenvalue weighted by molar-refractivity contribution is 14.1. The Bertz CT molecular complexity index is 1240. The van der Waals surface area contributed by atoms with Crippen LogP contribution in [-0.2, 0) is 11.4 Å². The largest absolute Gasteiger partial charge is 0.487 e. The van der Waals surface area contributed by atoms with Crippen molar-refractivity contribution in [2.45, 2.75) is 6.61 Å². The van der Waals surface area contributed by atoms with Gasteiger partial charge < -0.3 is 15.2 Å². The molecule has 0 radical (unpaired) electrons. The summed E-state index contributed by atoms with van der Waals surface area (Å²) in [6, 6.07) is 18.7. The van der Waals surface area contributed by atoms with Crippen LogP contribution in [0.5, 0.6) is 5.75 Å². The highest BCUT2D eigenvalue weighted by atomic mass is 127. The number of carboxylic acid groups (broad SMARTS) is 1. The first-order valence-corrected chi connectivity index (χ1v) is 11.9. The molecule has 166 valence electrons. The molecule has 0 aliphatic rings. The second-order valence-corrected chi connectivity index (χ2v) is 9.50. The quantitative estimate of drug-likeness (QED) is 0.171. The first-order chi connectivity index (χ1) is 15.8. The zero-order chi connectivity index (χ0) is 24.0. The van der Waals surface area contributed by atoms with Crippen LogP contribution in [0.2, 0.25) is 5.02 Å². The summed E-state index contributed by atoms with van der Waals surface area (Å²) in [4.78, 5) is 23.5. The summed E-state index contributed by atoms with van der Waals surface area (Å²) in [7, 11) is 0. The maximum absolute atomic E-state index is 12.5. The molecule has 0 aliphatic carbocycles. The van der Waals surface area contributed by atoms with E-state index in [0.717, 1.165) is 12.7 Å². The number of carbonyl (C=O) groups is 2. The first kappa shape index (κ1) is 25.0. The molecule has 9 heteroatoms. The summed E-state index contributed by atoms with van der Waals surface area (Å²) in [5, 5.41) is 21.7. The number of nitriles is 1. The molecule has 0 heterocycles. The zero-order valence-electron chi connectivity index (χ0n) is 16.8. The fraction of sp³-hybridized carbons (Fsp3) is 0.0417. The lowest BCUT2D eigenvalue weighted by Gasteiger charge is -2.12. The monoisotopic (exact) mass is 684 g/mol. The van der Waals surface area contributed by atoms with Crippen LogP contribution < -0.4 is 10.1 Å². The number of carbonyl (C=O) groups excluding carboxylic acids is 1. The number of carboxylic acids is 1. The number of halogens is 3. The summed E-state index contributed by atoms with van der Waals surface area (Å²) in [5.41, 5.74) is 2.07. The average Bonchev–Trinajstić information content (AvgIpc) is 2.78. The number of hydrogen-bond acceptors (Lipinski definition) is 4. The lowest BCUT2D eigenvalue weighted by Crippen LogP contribution is -2.13. The maximum Gasteiger partial charge on any atom is 0.335 e. The molecule has 6 nitrogen and oxygen atoms in total. The van der Waals surface area contributed by atoms with Crippen LogP contribution in [0.15, 0.2) is 66.2 Å². The number of nitrogens with one attached hydrogen (secondary N) is 1. The molecule has 0 fully saturated rings. The van der Waals surface area contributed by atoms with Gasteiger partial charge in [-0.2, -0.15) is 5.26 Å². The molecule has 0 atom stereocenters. The Morgan fingerprint density at radius 2 is 1.67 bits per heavy atom. The van der Waals surface area contributed by atoms with E-state index in [1.165, 1.54) is 30.3 Å². The molecule has 0 aliphatic heterocycles. The Kier molecular flexibility index (Phi) is 8.71. The van der Waals surface area contributed by atoms with E-state index in [4.69, 9.17) is 21.4 Å². The van der Waals surface area contributed by atoms with Crippen molar-refractivity contribution in [2.24, 2.45) is 0 Å². The van der Waals surface area contributed by atoms with Crippen molar-refractivity contribution in [3.05, 3.63) is 95.1 Å². The number of amides is 1. The second-order valence-electron chi connectivity index (χ2n) is 6.74. The van der Waals surface area contributed by atoms with Gasteiger partial charge >= 0.3 is 5.97 Å². The highest BCUT2D eigenvalue weighted by Crippen LogP contribution is 2.30. The fourth-order valence-corrected chi connectivity index (χ4v) is 5.00. The van der Waals surface area contributed by atoms with E-state index in [1.807, 2.05) is 30.3 Å². The Morgan fingerprint density at radius 3 is 2.21 bits per heavy atom. The van der Waals surface area contributed by atoms with Gasteiger partial charge in [0.05, 0.1) is 12.7 Å². The van der Waals surface area contributed by atoms with Crippen molar-refractivity contribution in [1.29, 1.82) is 5.26 Å². The number of rotatable bonds is 7. The van der Waals surface area contributed by atoms with Gasteiger partial charge in [-0.25, -0.2) is 4.79 Å². The van der Waals surface area contributed by atoms with Crippen LogP contribution in [0.4, 0.5) is 5.69 Å². The maximum atomic E-state index is 12.5. The van der Waals surface area contributed by atoms with Gasteiger partial charge in [0.1, 0.15) is 24.0 Å². The summed E-state index contributed by atoms with van der Waals surface area (Å²) in [5.74, 6) is -0.936. The van der Waals surface area contributed by atoms with Crippen molar-refractivity contribution in [3.8, 4) is 11.8 Å². The van der Waals surface area contributed by atoms with E-state index in [2.05, 4.69) is 50.5 Å². The third-order valence-corrected chi connectivity index (χ3v) is 6.24. The smallest absolute Gasteiger partial charge is 0.335 e. The SMILES string of the molecule is N#C/C(=C\c1cc(I)c(OCc2ccc(Cl)cc2)c(I)c1)C(=O)Nc1ccc(C(=O)O)cc1. The molecule has 0 saturated carbocycles. The number of benzene rings is 3. The number of aromatic carboxylic acids is 1. The van der Waals surface area contributed by atoms with Crippen molar-refractivity contribution in [2.75, 3.05) is 5.32 Å². The minimum absolute atomic E-state index is 0.0845. The fourth-order valence-electron chi connectivity index (χ4n) is 2.75. The highest BCUT2D eigenvalue weighted by Gasteiger charge is 2.13. The van der Waals surface area contributed by atoms with Gasteiger partial charge in [-0.1, -0.05) is 23.7 Å². The number of nitrogens with zero attached hydrogens (tertiary/aromatic N) is 1. The van der Waals surface area contributed by atoms with Crippen molar-refractivity contribution < 1.29 is 19.4 Å². The molecule has 0 saturated heterocycles. The Morgan fingerprint density at radius 1 is 1.06 bits per heavy atom. The summed E-state index contributed by atoms with van der Waals surface area (Å²) >= 11 is 10.2. The third kappa shape index (κ3) is 6.93. The number of anilines is 1. The minimum Gasteiger partial charge on any atom is -0.487 e. The number of hydrogen-bond donors (Lipinski definition) is 2. The Hall–Kier alpha value is -2.62. The Labute approximate surface area is 222 Å². The van der Waals surface area contributed by atoms with Gasteiger partial charge in [-0.3, -0.25) is 4.79 Å². The molecular formula is C24H15ClI2N2O4. The van der Waals surface area contributed by atoms with Crippen LogP contribution >= 0.6 is 56.8 Å². The average molecular weight is 685 g/mol. The molecular weight excluding hydrogens is 670 g/mol. The third-order valence-electron chi connectivity index (χ3n) is 4.38. The van der Waals surface area contributed by atoms with Gasteiger partial charge in [0.2, 0.25) is 0 Å².